The minimum absolute atomic E-state index is 0.0418. The number of rotatable bonds is 18. The van der Waals surface area contributed by atoms with Gasteiger partial charge < -0.3 is 18.9 Å². The summed E-state index contributed by atoms with van der Waals surface area (Å²) in [5.74, 6) is 0.0835. The van der Waals surface area contributed by atoms with Crippen LogP contribution in [0.3, 0.4) is 0 Å². The van der Waals surface area contributed by atoms with E-state index in [2.05, 4.69) is 41.5 Å². The van der Waals surface area contributed by atoms with Crippen LogP contribution in [0.2, 0.25) is 4.66 Å². The van der Waals surface area contributed by atoms with E-state index in [4.69, 9.17) is 18.9 Å². The maximum Gasteiger partial charge on any atom is 0.135 e. The van der Waals surface area contributed by atoms with Crippen LogP contribution in [-0.2, 0) is 18.9 Å². The topological polar surface area (TPSA) is 36.9 Å². The second-order valence-corrected chi connectivity index (χ2v) is 12.9. The summed E-state index contributed by atoms with van der Waals surface area (Å²) >= 11 is 0. The predicted octanol–water partition coefficient (Wildman–Crippen LogP) is 3.53. The predicted molar refractivity (Wildman–Crippen MR) is 113 cm³/mol. The highest BCUT2D eigenvalue weighted by Gasteiger charge is 2.37. The lowest BCUT2D eigenvalue weighted by Gasteiger charge is -2.38. The Bertz CT molecular complexity index is 253. The molecule has 0 unspecified atom stereocenters. The molecule has 0 aliphatic carbocycles. The average Bonchev–Trinajstić information content (AvgIpc) is 2.59. The van der Waals surface area contributed by atoms with Crippen molar-refractivity contribution in [3.63, 3.8) is 0 Å². The molecule has 0 atom stereocenters. The van der Waals surface area contributed by atoms with Crippen LogP contribution in [0, 0.1) is 0 Å². The standard InChI is InChI=1S/C19H44O4Si2/c1-7-13-15-19(16-14-8-2,24-17(20-9-3)21-10-4)25-18(22-11-5)23-12-6/h17-18H,7-16,24-25H2,1-6H3. The number of unbranched alkanes of at least 4 members (excludes halogenated alkanes) is 2. The highest BCUT2D eigenvalue weighted by Crippen LogP contribution is 2.39. The third-order valence-electron chi connectivity index (χ3n) is 4.73. The highest BCUT2D eigenvalue weighted by atomic mass is 28.3. The summed E-state index contributed by atoms with van der Waals surface area (Å²) in [7, 11) is -1.10. The molecule has 6 heteroatoms. The van der Waals surface area contributed by atoms with Crippen LogP contribution in [0.4, 0.5) is 0 Å². The molecule has 0 spiro atoms. The maximum absolute atomic E-state index is 5.98. The number of ether oxygens (including phenoxy) is 4. The zero-order chi connectivity index (χ0) is 19.0. The molecule has 0 N–H and O–H groups in total. The van der Waals surface area contributed by atoms with Crippen molar-refractivity contribution in [2.45, 2.75) is 96.6 Å². The fraction of sp³-hybridized carbons (Fsp3) is 1.00. The van der Waals surface area contributed by atoms with Crippen LogP contribution >= 0.6 is 0 Å². The van der Waals surface area contributed by atoms with Gasteiger partial charge in [-0.2, -0.15) is 0 Å². The minimum atomic E-state index is -0.550. The Balaban J connectivity index is 5.33. The van der Waals surface area contributed by atoms with Crippen LogP contribution in [0.1, 0.15) is 80.1 Å². The number of hydrogen-bond donors (Lipinski definition) is 0. The van der Waals surface area contributed by atoms with Crippen molar-refractivity contribution in [1.82, 2.24) is 0 Å². The first-order valence-electron chi connectivity index (χ1n) is 10.6. The Hall–Kier alpha value is 0.274. The molecule has 0 heterocycles. The second-order valence-electron chi connectivity index (χ2n) is 6.80. The fourth-order valence-corrected chi connectivity index (χ4v) is 10.2. The van der Waals surface area contributed by atoms with E-state index in [0.717, 1.165) is 26.4 Å². The molecule has 0 rings (SSSR count). The third-order valence-corrected chi connectivity index (χ3v) is 11.2. The molecule has 25 heavy (non-hydrogen) atoms. The zero-order valence-electron chi connectivity index (χ0n) is 17.8. The van der Waals surface area contributed by atoms with Crippen molar-refractivity contribution < 1.29 is 18.9 Å². The van der Waals surface area contributed by atoms with Gasteiger partial charge in [-0.25, -0.2) is 0 Å². The summed E-state index contributed by atoms with van der Waals surface area (Å²) in [5, 5.41) is 0. The van der Waals surface area contributed by atoms with Crippen molar-refractivity contribution >= 4 is 19.0 Å². The van der Waals surface area contributed by atoms with Crippen LogP contribution in [0.5, 0.6) is 0 Å². The Labute approximate surface area is 161 Å². The fourth-order valence-electron chi connectivity index (χ4n) is 3.50. The molecule has 0 aromatic carbocycles. The quantitative estimate of drug-likeness (QED) is 0.264. The first-order chi connectivity index (χ1) is 12.1. The first kappa shape index (κ1) is 25.3. The van der Waals surface area contributed by atoms with Gasteiger partial charge in [0.25, 0.3) is 0 Å². The lowest BCUT2D eigenvalue weighted by Crippen LogP contribution is -2.43. The van der Waals surface area contributed by atoms with Gasteiger partial charge in [0.05, 0.1) is 19.0 Å². The molecular formula is C19H44O4Si2. The lowest BCUT2D eigenvalue weighted by molar-refractivity contribution is -0.0874. The molecule has 0 aromatic rings. The van der Waals surface area contributed by atoms with Gasteiger partial charge in [0.1, 0.15) is 11.8 Å². The molecule has 0 aliphatic rings. The Kier molecular flexibility index (Phi) is 16.6. The summed E-state index contributed by atoms with van der Waals surface area (Å²) in [5.41, 5.74) is 0. The van der Waals surface area contributed by atoms with Crippen LogP contribution in [0.25, 0.3) is 0 Å². The summed E-state index contributed by atoms with van der Waals surface area (Å²) in [6.45, 7) is 15.8. The van der Waals surface area contributed by atoms with Gasteiger partial charge >= 0.3 is 0 Å². The molecule has 0 saturated carbocycles. The molecule has 0 radical (unpaired) electrons. The average molecular weight is 393 g/mol. The van der Waals surface area contributed by atoms with Gasteiger partial charge in [-0.05, 0) is 32.4 Å². The second kappa shape index (κ2) is 16.4. The normalized spacial score (nSPS) is 13.4. The van der Waals surface area contributed by atoms with E-state index in [1.807, 2.05) is 0 Å². The van der Waals surface area contributed by atoms with Crippen molar-refractivity contribution in [3.8, 4) is 0 Å². The largest absolute Gasteiger partial charge is 0.357 e. The van der Waals surface area contributed by atoms with E-state index < -0.39 is 19.0 Å². The highest BCUT2D eigenvalue weighted by molar-refractivity contribution is 6.63. The van der Waals surface area contributed by atoms with Gasteiger partial charge in [0.15, 0.2) is 0 Å². The van der Waals surface area contributed by atoms with Crippen LogP contribution in [0.15, 0.2) is 0 Å². The summed E-state index contributed by atoms with van der Waals surface area (Å²) in [6, 6.07) is 0. The van der Waals surface area contributed by atoms with E-state index in [-0.39, 0.29) is 11.8 Å². The van der Waals surface area contributed by atoms with Gasteiger partial charge in [-0.3, -0.25) is 0 Å². The molecule has 0 amide bonds. The molecule has 0 saturated heterocycles. The molecule has 152 valence electrons. The van der Waals surface area contributed by atoms with Gasteiger partial charge in [-0.1, -0.05) is 52.4 Å². The van der Waals surface area contributed by atoms with Crippen LogP contribution in [-0.4, -0.2) is 57.3 Å². The van der Waals surface area contributed by atoms with E-state index in [1.165, 1.54) is 38.5 Å². The Morgan fingerprint density at radius 3 is 1.16 bits per heavy atom. The smallest absolute Gasteiger partial charge is 0.135 e. The first-order valence-corrected chi connectivity index (χ1v) is 13.6. The molecule has 0 bridgehead atoms. The van der Waals surface area contributed by atoms with Crippen LogP contribution < -0.4 is 0 Å². The zero-order valence-corrected chi connectivity index (χ0v) is 20.6. The Morgan fingerprint density at radius 1 is 0.600 bits per heavy atom. The van der Waals surface area contributed by atoms with Gasteiger partial charge in [0.2, 0.25) is 0 Å². The number of hydrogen-bond acceptors (Lipinski definition) is 4. The third kappa shape index (κ3) is 11.6. The summed E-state index contributed by atoms with van der Waals surface area (Å²) in [4.78, 5) is 0. The van der Waals surface area contributed by atoms with E-state index in [9.17, 15) is 0 Å². The minimum Gasteiger partial charge on any atom is -0.357 e. The monoisotopic (exact) mass is 392 g/mol. The molecule has 0 aliphatic heterocycles. The van der Waals surface area contributed by atoms with Crippen molar-refractivity contribution in [3.05, 3.63) is 0 Å². The maximum atomic E-state index is 5.98. The van der Waals surface area contributed by atoms with Gasteiger partial charge in [-0.15, -0.1) is 0 Å². The van der Waals surface area contributed by atoms with E-state index >= 15 is 0 Å². The SMILES string of the molecule is CCCCC(CCCC)([SiH2]C(OCC)OCC)[SiH2]C(OCC)OCC. The molecule has 4 nitrogen and oxygen atoms in total. The molecular weight excluding hydrogens is 348 g/mol. The van der Waals surface area contributed by atoms with Gasteiger partial charge in [0, 0.05) is 26.4 Å². The van der Waals surface area contributed by atoms with E-state index in [1.54, 1.807) is 0 Å². The van der Waals surface area contributed by atoms with Crippen molar-refractivity contribution in [2.75, 3.05) is 26.4 Å². The van der Waals surface area contributed by atoms with E-state index in [0.29, 0.717) is 4.66 Å². The summed E-state index contributed by atoms with van der Waals surface area (Å²) < 4.78 is 24.3. The lowest BCUT2D eigenvalue weighted by atomic mass is 10.1. The Morgan fingerprint density at radius 2 is 0.920 bits per heavy atom. The molecule has 0 aromatic heterocycles. The van der Waals surface area contributed by atoms with Crippen molar-refractivity contribution in [1.29, 1.82) is 0 Å². The van der Waals surface area contributed by atoms with Crippen molar-refractivity contribution in [2.24, 2.45) is 0 Å². The summed E-state index contributed by atoms with van der Waals surface area (Å²) in [6.07, 6.45) is 7.68. The molecule has 0 fully saturated rings.